The van der Waals surface area contributed by atoms with E-state index in [2.05, 4.69) is 15.1 Å². The van der Waals surface area contributed by atoms with E-state index >= 15 is 0 Å². The molecule has 0 amide bonds. The van der Waals surface area contributed by atoms with Crippen molar-refractivity contribution in [3.05, 3.63) is 28.8 Å². The maximum atomic E-state index is 5.74. The first kappa shape index (κ1) is 10.9. The summed E-state index contributed by atoms with van der Waals surface area (Å²) in [5, 5.41) is 4.34. The van der Waals surface area contributed by atoms with Crippen LogP contribution in [0.15, 0.2) is 12.1 Å². The molecule has 0 bridgehead atoms. The molecule has 16 heavy (non-hydrogen) atoms. The van der Waals surface area contributed by atoms with Crippen molar-refractivity contribution in [1.29, 1.82) is 0 Å². The minimum absolute atomic E-state index is 0.175. The standard InChI is InChI=1S/C10H11ClN4O/c1-6-4-8(13-10(11)12-6)16-9-5-7(2)14-15(9)3/h4-5H,1-3H3. The molecule has 2 rings (SSSR count). The highest BCUT2D eigenvalue weighted by molar-refractivity contribution is 6.28. The minimum atomic E-state index is 0.175. The molecule has 0 aliphatic heterocycles. The van der Waals surface area contributed by atoms with Gasteiger partial charge in [-0.25, -0.2) is 9.67 Å². The van der Waals surface area contributed by atoms with E-state index < -0.39 is 0 Å². The molecule has 2 aromatic rings. The van der Waals surface area contributed by atoms with Crippen LogP contribution in [-0.2, 0) is 7.05 Å². The Hall–Kier alpha value is -1.62. The molecular weight excluding hydrogens is 228 g/mol. The maximum absolute atomic E-state index is 5.74. The Morgan fingerprint density at radius 2 is 1.94 bits per heavy atom. The van der Waals surface area contributed by atoms with Crippen LogP contribution in [-0.4, -0.2) is 19.7 Å². The quantitative estimate of drug-likeness (QED) is 0.754. The Bertz CT molecular complexity index is 503. The molecule has 0 unspecified atom stereocenters. The lowest BCUT2D eigenvalue weighted by molar-refractivity contribution is 0.414. The highest BCUT2D eigenvalue weighted by Gasteiger charge is 2.07. The Balaban J connectivity index is 2.30. The van der Waals surface area contributed by atoms with Gasteiger partial charge in [-0.05, 0) is 25.4 Å². The normalized spacial score (nSPS) is 10.5. The molecule has 0 aliphatic rings. The Labute approximate surface area is 98.0 Å². The fourth-order valence-electron chi connectivity index (χ4n) is 1.35. The summed E-state index contributed by atoms with van der Waals surface area (Å²) >= 11 is 5.74. The summed E-state index contributed by atoms with van der Waals surface area (Å²) in [5.41, 5.74) is 1.64. The van der Waals surface area contributed by atoms with Crippen LogP contribution in [0.1, 0.15) is 11.4 Å². The molecule has 0 radical (unpaired) electrons. The molecule has 2 heterocycles. The van der Waals surface area contributed by atoms with Gasteiger partial charge in [-0.15, -0.1) is 0 Å². The van der Waals surface area contributed by atoms with Crippen LogP contribution in [0.25, 0.3) is 0 Å². The molecule has 0 saturated carbocycles. The van der Waals surface area contributed by atoms with Crippen molar-refractivity contribution < 1.29 is 4.74 Å². The molecule has 0 aliphatic carbocycles. The van der Waals surface area contributed by atoms with Gasteiger partial charge >= 0.3 is 0 Å². The number of ether oxygens (including phenoxy) is 1. The second-order valence-electron chi connectivity index (χ2n) is 3.47. The van der Waals surface area contributed by atoms with E-state index in [0.29, 0.717) is 11.8 Å². The summed E-state index contributed by atoms with van der Waals surface area (Å²) in [6, 6.07) is 3.54. The van der Waals surface area contributed by atoms with Gasteiger partial charge in [0.25, 0.3) is 0 Å². The van der Waals surface area contributed by atoms with Gasteiger partial charge < -0.3 is 4.74 Å². The largest absolute Gasteiger partial charge is 0.421 e. The van der Waals surface area contributed by atoms with E-state index in [-0.39, 0.29) is 5.28 Å². The monoisotopic (exact) mass is 238 g/mol. The van der Waals surface area contributed by atoms with Crippen LogP contribution in [0.3, 0.4) is 0 Å². The Morgan fingerprint density at radius 1 is 1.19 bits per heavy atom. The third kappa shape index (κ3) is 2.30. The zero-order chi connectivity index (χ0) is 11.7. The van der Waals surface area contributed by atoms with Crippen LogP contribution in [0, 0.1) is 13.8 Å². The van der Waals surface area contributed by atoms with Crippen molar-refractivity contribution in [2.24, 2.45) is 7.05 Å². The van der Waals surface area contributed by atoms with Gasteiger partial charge in [-0.2, -0.15) is 10.1 Å². The number of hydrogen-bond acceptors (Lipinski definition) is 4. The van der Waals surface area contributed by atoms with Crippen molar-refractivity contribution >= 4 is 11.6 Å². The second-order valence-corrected chi connectivity index (χ2v) is 3.80. The summed E-state index contributed by atoms with van der Waals surface area (Å²) in [6.45, 7) is 3.72. The van der Waals surface area contributed by atoms with Crippen molar-refractivity contribution in [2.75, 3.05) is 0 Å². The van der Waals surface area contributed by atoms with Crippen LogP contribution >= 0.6 is 11.6 Å². The van der Waals surface area contributed by atoms with Gasteiger partial charge in [0.15, 0.2) is 0 Å². The maximum Gasteiger partial charge on any atom is 0.225 e. The number of nitrogens with zero attached hydrogens (tertiary/aromatic N) is 4. The van der Waals surface area contributed by atoms with E-state index in [9.17, 15) is 0 Å². The van der Waals surface area contributed by atoms with Gasteiger partial charge in [-0.3, -0.25) is 0 Å². The zero-order valence-electron chi connectivity index (χ0n) is 9.23. The predicted molar refractivity (Wildman–Crippen MR) is 59.8 cm³/mol. The lowest BCUT2D eigenvalue weighted by Gasteiger charge is -2.04. The molecule has 0 spiro atoms. The van der Waals surface area contributed by atoms with Crippen molar-refractivity contribution in [3.63, 3.8) is 0 Å². The molecule has 0 atom stereocenters. The number of aromatic nitrogens is 4. The third-order valence-corrected chi connectivity index (χ3v) is 2.14. The summed E-state index contributed by atoms with van der Waals surface area (Å²) in [7, 11) is 1.80. The summed E-state index contributed by atoms with van der Waals surface area (Å²) < 4.78 is 7.20. The number of rotatable bonds is 2. The fraction of sp³-hybridized carbons (Fsp3) is 0.300. The van der Waals surface area contributed by atoms with Crippen LogP contribution in [0.5, 0.6) is 11.8 Å². The van der Waals surface area contributed by atoms with Crippen LogP contribution in [0.2, 0.25) is 5.28 Å². The number of hydrogen-bond donors (Lipinski definition) is 0. The highest BCUT2D eigenvalue weighted by Crippen LogP contribution is 2.21. The van der Waals surface area contributed by atoms with Crippen molar-refractivity contribution in [3.8, 4) is 11.8 Å². The van der Waals surface area contributed by atoms with Gasteiger partial charge in [0.05, 0.1) is 5.69 Å². The zero-order valence-corrected chi connectivity index (χ0v) is 9.99. The van der Waals surface area contributed by atoms with E-state index in [0.717, 1.165) is 11.4 Å². The smallest absolute Gasteiger partial charge is 0.225 e. The first-order valence-electron chi connectivity index (χ1n) is 4.74. The molecular formula is C10H11ClN4O. The van der Waals surface area contributed by atoms with Crippen LogP contribution < -0.4 is 4.74 Å². The Kier molecular flexibility index (Phi) is 2.78. The van der Waals surface area contributed by atoms with Crippen LogP contribution in [0.4, 0.5) is 0 Å². The molecule has 0 aromatic carbocycles. The van der Waals surface area contributed by atoms with Gasteiger partial charge in [0, 0.05) is 24.9 Å². The molecule has 84 valence electrons. The van der Waals surface area contributed by atoms with E-state index in [4.69, 9.17) is 16.3 Å². The first-order valence-corrected chi connectivity index (χ1v) is 5.12. The van der Waals surface area contributed by atoms with Gasteiger partial charge in [0.2, 0.25) is 17.0 Å². The van der Waals surface area contributed by atoms with Crippen molar-refractivity contribution in [2.45, 2.75) is 13.8 Å². The lowest BCUT2D eigenvalue weighted by atomic mass is 10.4. The summed E-state index contributed by atoms with van der Waals surface area (Å²) in [6.07, 6.45) is 0. The van der Waals surface area contributed by atoms with Crippen molar-refractivity contribution in [1.82, 2.24) is 19.7 Å². The summed E-state index contributed by atoms with van der Waals surface area (Å²) in [5.74, 6) is 1.03. The Morgan fingerprint density at radius 3 is 2.50 bits per heavy atom. The molecule has 5 nitrogen and oxygen atoms in total. The highest BCUT2D eigenvalue weighted by atomic mass is 35.5. The molecule has 0 fully saturated rings. The number of halogens is 1. The molecule has 2 aromatic heterocycles. The lowest BCUT2D eigenvalue weighted by Crippen LogP contribution is -1.97. The van der Waals surface area contributed by atoms with E-state index in [1.54, 1.807) is 17.8 Å². The molecule has 6 heteroatoms. The second kappa shape index (κ2) is 4.09. The average molecular weight is 239 g/mol. The molecule has 0 N–H and O–H groups in total. The first-order chi connectivity index (χ1) is 7.54. The average Bonchev–Trinajstić information content (AvgIpc) is 2.43. The van der Waals surface area contributed by atoms with E-state index in [1.165, 1.54) is 0 Å². The summed E-state index contributed by atoms with van der Waals surface area (Å²) in [4.78, 5) is 7.93. The predicted octanol–water partition coefficient (Wildman–Crippen LogP) is 2.27. The molecule has 0 saturated heterocycles. The van der Waals surface area contributed by atoms with Gasteiger partial charge in [-0.1, -0.05) is 0 Å². The topological polar surface area (TPSA) is 52.8 Å². The van der Waals surface area contributed by atoms with Gasteiger partial charge in [0.1, 0.15) is 0 Å². The SMILES string of the molecule is Cc1cc(Oc2cc(C)nn2C)nc(Cl)n1. The van der Waals surface area contributed by atoms with E-state index in [1.807, 2.05) is 19.9 Å². The third-order valence-electron chi connectivity index (χ3n) is 1.97. The minimum Gasteiger partial charge on any atom is -0.421 e. The number of aryl methyl sites for hydroxylation is 3. The fourth-order valence-corrected chi connectivity index (χ4v) is 1.56.